The second kappa shape index (κ2) is 8.74. The van der Waals surface area contributed by atoms with Crippen LogP contribution in [-0.2, 0) is 4.79 Å². The van der Waals surface area contributed by atoms with Crippen molar-refractivity contribution >= 4 is 11.9 Å². The van der Waals surface area contributed by atoms with Gasteiger partial charge in [-0.2, -0.15) is 0 Å². The van der Waals surface area contributed by atoms with Gasteiger partial charge in [0, 0.05) is 11.6 Å². The minimum Gasteiger partial charge on any atom is -0.490 e. The van der Waals surface area contributed by atoms with Crippen LogP contribution in [0.1, 0.15) is 50.4 Å². The summed E-state index contributed by atoms with van der Waals surface area (Å²) in [5, 5.41) is 11.8. The fraction of sp³-hybridized carbons (Fsp3) is 0.579. The van der Waals surface area contributed by atoms with Gasteiger partial charge in [-0.05, 0) is 56.2 Å². The molecular formula is C19H27NO5. The Morgan fingerprint density at radius 2 is 1.96 bits per heavy atom. The molecule has 1 saturated carbocycles. The Morgan fingerprint density at radius 1 is 1.20 bits per heavy atom. The molecule has 1 aromatic carbocycles. The monoisotopic (exact) mass is 349 g/mol. The number of hydrogen-bond acceptors (Lipinski definition) is 4. The van der Waals surface area contributed by atoms with Gasteiger partial charge >= 0.3 is 5.97 Å². The quantitative estimate of drug-likeness (QED) is 0.790. The van der Waals surface area contributed by atoms with Crippen molar-refractivity contribution in [1.82, 2.24) is 5.32 Å². The maximum atomic E-state index is 12.6. The first-order valence-corrected chi connectivity index (χ1v) is 8.83. The summed E-state index contributed by atoms with van der Waals surface area (Å²) in [5.74, 6) is 0.653. The molecule has 6 heteroatoms. The number of carboxylic acid groups (broad SMARTS) is 1. The zero-order valence-electron chi connectivity index (χ0n) is 15.1. The third kappa shape index (κ3) is 5.37. The lowest BCUT2D eigenvalue weighted by Gasteiger charge is -2.33. The number of benzene rings is 1. The predicted molar refractivity (Wildman–Crippen MR) is 94.2 cm³/mol. The molecule has 25 heavy (non-hydrogen) atoms. The molecule has 6 nitrogen and oxygen atoms in total. The Labute approximate surface area is 148 Å². The molecule has 0 aliphatic heterocycles. The molecule has 0 bridgehead atoms. The molecule has 2 rings (SSSR count). The first-order chi connectivity index (χ1) is 11.9. The maximum absolute atomic E-state index is 12.6. The normalized spacial score (nSPS) is 22.9. The van der Waals surface area contributed by atoms with Crippen molar-refractivity contribution in [3.8, 4) is 11.5 Å². The maximum Gasteiger partial charge on any atom is 0.341 e. The SMILES string of the molecule is CCOc1cc(C(=O)NC2CCC(C)CC2C)ccc1OCC(=O)O. The summed E-state index contributed by atoms with van der Waals surface area (Å²) in [6.45, 7) is 6.18. The number of hydrogen-bond donors (Lipinski definition) is 2. The van der Waals surface area contributed by atoms with E-state index in [1.54, 1.807) is 18.2 Å². The van der Waals surface area contributed by atoms with Crippen LogP contribution in [0, 0.1) is 11.8 Å². The van der Waals surface area contributed by atoms with Gasteiger partial charge in [0.25, 0.3) is 5.91 Å². The zero-order valence-corrected chi connectivity index (χ0v) is 15.1. The van der Waals surface area contributed by atoms with E-state index in [-0.39, 0.29) is 11.9 Å². The number of amides is 1. The lowest BCUT2D eigenvalue weighted by molar-refractivity contribution is -0.139. The lowest BCUT2D eigenvalue weighted by atomic mass is 9.80. The van der Waals surface area contributed by atoms with Crippen LogP contribution >= 0.6 is 0 Å². The van der Waals surface area contributed by atoms with E-state index >= 15 is 0 Å². The van der Waals surface area contributed by atoms with Gasteiger partial charge in [-0.3, -0.25) is 4.79 Å². The molecule has 1 aromatic rings. The van der Waals surface area contributed by atoms with Crippen LogP contribution in [-0.4, -0.2) is 36.2 Å². The van der Waals surface area contributed by atoms with Gasteiger partial charge in [-0.1, -0.05) is 13.8 Å². The van der Waals surface area contributed by atoms with Crippen molar-refractivity contribution in [3.63, 3.8) is 0 Å². The van der Waals surface area contributed by atoms with Crippen LogP contribution < -0.4 is 14.8 Å². The molecule has 138 valence electrons. The van der Waals surface area contributed by atoms with Gasteiger partial charge < -0.3 is 19.9 Å². The average Bonchev–Trinajstić information content (AvgIpc) is 2.56. The van der Waals surface area contributed by atoms with E-state index in [4.69, 9.17) is 14.6 Å². The highest BCUT2D eigenvalue weighted by Gasteiger charge is 2.27. The van der Waals surface area contributed by atoms with Gasteiger partial charge in [0.2, 0.25) is 0 Å². The highest BCUT2D eigenvalue weighted by Crippen LogP contribution is 2.30. The number of carbonyl (C=O) groups excluding carboxylic acids is 1. The number of nitrogens with one attached hydrogen (secondary N) is 1. The van der Waals surface area contributed by atoms with Gasteiger partial charge in [-0.15, -0.1) is 0 Å². The van der Waals surface area contributed by atoms with E-state index in [0.29, 0.717) is 35.5 Å². The average molecular weight is 349 g/mol. The van der Waals surface area contributed by atoms with Crippen molar-refractivity contribution < 1.29 is 24.2 Å². The molecule has 0 saturated heterocycles. The summed E-state index contributed by atoms with van der Waals surface area (Å²) in [6.07, 6.45) is 3.24. The number of carboxylic acids is 1. The number of carbonyl (C=O) groups is 2. The molecule has 3 unspecified atom stereocenters. The minimum absolute atomic E-state index is 0.142. The highest BCUT2D eigenvalue weighted by atomic mass is 16.5. The Balaban J connectivity index is 2.08. The summed E-state index contributed by atoms with van der Waals surface area (Å²) in [4.78, 5) is 23.2. The van der Waals surface area contributed by atoms with E-state index in [2.05, 4.69) is 19.2 Å². The van der Waals surface area contributed by atoms with Crippen molar-refractivity contribution in [1.29, 1.82) is 0 Å². The van der Waals surface area contributed by atoms with Crippen LogP contribution in [0.4, 0.5) is 0 Å². The molecule has 1 fully saturated rings. The fourth-order valence-electron chi connectivity index (χ4n) is 3.31. The highest BCUT2D eigenvalue weighted by molar-refractivity contribution is 5.95. The molecule has 2 N–H and O–H groups in total. The Hall–Kier alpha value is -2.24. The molecule has 1 aliphatic rings. The molecule has 0 radical (unpaired) electrons. The minimum atomic E-state index is -1.07. The van der Waals surface area contributed by atoms with Gasteiger partial charge in [-0.25, -0.2) is 4.79 Å². The first kappa shape index (κ1) is 19.1. The zero-order chi connectivity index (χ0) is 18.4. The lowest BCUT2D eigenvalue weighted by Crippen LogP contribution is -2.42. The second-order valence-corrected chi connectivity index (χ2v) is 6.75. The van der Waals surface area contributed by atoms with Crippen molar-refractivity contribution in [2.24, 2.45) is 11.8 Å². The Kier molecular flexibility index (Phi) is 6.67. The third-order valence-corrected chi connectivity index (χ3v) is 4.60. The van der Waals surface area contributed by atoms with Crippen LogP contribution in [0.25, 0.3) is 0 Å². The van der Waals surface area contributed by atoms with E-state index in [0.717, 1.165) is 19.3 Å². The Bertz CT molecular complexity index is 616. The van der Waals surface area contributed by atoms with Crippen LogP contribution in [0.15, 0.2) is 18.2 Å². The fourth-order valence-corrected chi connectivity index (χ4v) is 3.31. The van der Waals surface area contributed by atoms with Crippen LogP contribution in [0.2, 0.25) is 0 Å². The smallest absolute Gasteiger partial charge is 0.341 e. The number of aliphatic carboxylic acids is 1. The van der Waals surface area contributed by atoms with Gasteiger partial charge in [0.15, 0.2) is 18.1 Å². The molecule has 0 spiro atoms. The summed E-state index contributed by atoms with van der Waals surface area (Å²) < 4.78 is 10.7. The molecule has 1 amide bonds. The van der Waals surface area contributed by atoms with Crippen molar-refractivity contribution in [2.75, 3.05) is 13.2 Å². The largest absolute Gasteiger partial charge is 0.490 e. The first-order valence-electron chi connectivity index (χ1n) is 8.83. The summed E-state index contributed by atoms with van der Waals surface area (Å²) >= 11 is 0. The molecule has 0 aromatic heterocycles. The molecule has 3 atom stereocenters. The van der Waals surface area contributed by atoms with E-state index in [1.807, 2.05) is 6.92 Å². The second-order valence-electron chi connectivity index (χ2n) is 6.75. The standard InChI is InChI=1S/C19H27NO5/c1-4-24-17-10-14(6-8-16(17)25-11-18(21)22)19(23)20-15-7-5-12(2)9-13(15)3/h6,8,10,12-13,15H,4-5,7,9,11H2,1-3H3,(H,20,23)(H,21,22). The molecular weight excluding hydrogens is 322 g/mol. The third-order valence-electron chi connectivity index (χ3n) is 4.60. The van der Waals surface area contributed by atoms with Crippen LogP contribution in [0.5, 0.6) is 11.5 Å². The summed E-state index contributed by atoms with van der Waals surface area (Å²) in [7, 11) is 0. The Morgan fingerprint density at radius 3 is 2.60 bits per heavy atom. The predicted octanol–water partition coefficient (Wildman–Crippen LogP) is 3.10. The van der Waals surface area contributed by atoms with Gasteiger partial charge in [0.1, 0.15) is 0 Å². The van der Waals surface area contributed by atoms with E-state index in [9.17, 15) is 9.59 Å². The number of ether oxygens (including phenoxy) is 2. The summed E-state index contributed by atoms with van der Waals surface area (Å²) in [6, 6.07) is 4.99. The van der Waals surface area contributed by atoms with E-state index in [1.165, 1.54) is 0 Å². The van der Waals surface area contributed by atoms with Gasteiger partial charge in [0.05, 0.1) is 6.61 Å². The van der Waals surface area contributed by atoms with Crippen molar-refractivity contribution in [2.45, 2.75) is 46.1 Å². The topological polar surface area (TPSA) is 84.9 Å². The van der Waals surface area contributed by atoms with Crippen molar-refractivity contribution in [3.05, 3.63) is 23.8 Å². The number of rotatable bonds is 7. The molecule has 0 heterocycles. The van der Waals surface area contributed by atoms with E-state index < -0.39 is 12.6 Å². The summed E-state index contributed by atoms with van der Waals surface area (Å²) in [5.41, 5.74) is 0.483. The molecule has 1 aliphatic carbocycles. The van der Waals surface area contributed by atoms with Crippen LogP contribution in [0.3, 0.4) is 0 Å².